The highest BCUT2D eigenvalue weighted by molar-refractivity contribution is 14.0. The maximum Gasteiger partial charge on any atom is 0.191 e. The quantitative estimate of drug-likeness (QED) is 0.380. The van der Waals surface area contributed by atoms with Crippen LogP contribution in [0.5, 0.6) is 0 Å². The monoisotopic (exact) mass is 447 g/mol. The molecule has 2 heterocycles. The number of aliphatic imine (C=N–C) groups is 1. The summed E-state index contributed by atoms with van der Waals surface area (Å²) in [5.41, 5.74) is 0. The maximum absolute atomic E-state index is 5.35. The molecule has 0 aromatic carbocycles. The van der Waals surface area contributed by atoms with Crippen molar-refractivity contribution in [2.75, 3.05) is 13.1 Å². The van der Waals surface area contributed by atoms with E-state index in [9.17, 15) is 0 Å². The molecule has 0 unspecified atom stereocenters. The third-order valence-electron chi connectivity index (χ3n) is 3.11. The Morgan fingerprint density at radius 2 is 2.09 bits per heavy atom. The summed E-state index contributed by atoms with van der Waals surface area (Å²) in [5, 5.41) is 6.76. The summed E-state index contributed by atoms with van der Waals surface area (Å²) in [5.74, 6) is 2.44. The second-order valence-electron chi connectivity index (χ2n) is 5.71. The van der Waals surface area contributed by atoms with Crippen molar-refractivity contribution in [3.8, 4) is 0 Å². The van der Waals surface area contributed by atoms with E-state index in [-0.39, 0.29) is 24.0 Å². The van der Waals surface area contributed by atoms with Crippen molar-refractivity contribution in [3.05, 3.63) is 46.0 Å². The minimum atomic E-state index is 0. The first kappa shape index (κ1) is 20.0. The zero-order chi connectivity index (χ0) is 15.8. The molecular formula is C17H26IN3OS. The Morgan fingerprint density at radius 3 is 2.70 bits per heavy atom. The molecule has 0 saturated heterocycles. The largest absolute Gasteiger partial charge is 0.469 e. The lowest BCUT2D eigenvalue weighted by molar-refractivity contribution is 0.506. The van der Waals surface area contributed by atoms with Crippen molar-refractivity contribution in [1.82, 2.24) is 10.6 Å². The Labute approximate surface area is 159 Å². The first-order valence-electron chi connectivity index (χ1n) is 7.73. The number of nitrogens with zero attached hydrogens (tertiary/aromatic N) is 1. The van der Waals surface area contributed by atoms with E-state index in [1.165, 1.54) is 9.75 Å². The Bertz CT molecular complexity index is 578. The van der Waals surface area contributed by atoms with E-state index in [1.807, 2.05) is 12.1 Å². The number of guanidine groups is 1. The van der Waals surface area contributed by atoms with Crippen LogP contribution in [0.2, 0.25) is 0 Å². The molecule has 0 aliphatic heterocycles. The molecule has 0 saturated carbocycles. The molecule has 4 nitrogen and oxygen atoms in total. The van der Waals surface area contributed by atoms with Gasteiger partial charge in [0.25, 0.3) is 0 Å². The minimum absolute atomic E-state index is 0. The van der Waals surface area contributed by atoms with Crippen LogP contribution in [-0.4, -0.2) is 19.0 Å². The van der Waals surface area contributed by atoms with E-state index >= 15 is 0 Å². The summed E-state index contributed by atoms with van der Waals surface area (Å²) in [6.45, 7) is 8.94. The Kier molecular flexibility index (Phi) is 9.31. The van der Waals surface area contributed by atoms with Gasteiger partial charge in [0, 0.05) is 29.3 Å². The predicted molar refractivity (Wildman–Crippen MR) is 109 cm³/mol. The molecule has 0 radical (unpaired) electrons. The smallest absolute Gasteiger partial charge is 0.191 e. The van der Waals surface area contributed by atoms with Crippen LogP contribution in [0, 0.1) is 12.8 Å². The molecular weight excluding hydrogens is 421 g/mol. The topological polar surface area (TPSA) is 49.6 Å². The van der Waals surface area contributed by atoms with E-state index < -0.39 is 0 Å². The first-order chi connectivity index (χ1) is 10.6. The van der Waals surface area contributed by atoms with Crippen LogP contribution < -0.4 is 10.6 Å². The summed E-state index contributed by atoms with van der Waals surface area (Å²) >= 11 is 1.80. The van der Waals surface area contributed by atoms with Gasteiger partial charge in [-0.1, -0.05) is 13.8 Å². The van der Waals surface area contributed by atoms with E-state index in [4.69, 9.17) is 4.42 Å². The van der Waals surface area contributed by atoms with Gasteiger partial charge in [-0.15, -0.1) is 35.3 Å². The number of hydrogen-bond donors (Lipinski definition) is 2. The SMILES string of the molecule is Cc1ccc(CN=C(NCCc2ccco2)NCC(C)C)s1.I. The molecule has 128 valence electrons. The Morgan fingerprint density at radius 1 is 1.26 bits per heavy atom. The van der Waals surface area contributed by atoms with Crippen LogP contribution in [-0.2, 0) is 13.0 Å². The summed E-state index contributed by atoms with van der Waals surface area (Å²) in [4.78, 5) is 7.29. The van der Waals surface area contributed by atoms with Gasteiger partial charge in [0.05, 0.1) is 12.8 Å². The Hall–Kier alpha value is -1.02. The fraction of sp³-hybridized carbons (Fsp3) is 0.471. The molecule has 2 aromatic rings. The van der Waals surface area contributed by atoms with Crippen LogP contribution in [0.25, 0.3) is 0 Å². The molecule has 0 fully saturated rings. The van der Waals surface area contributed by atoms with Crippen molar-refractivity contribution < 1.29 is 4.42 Å². The van der Waals surface area contributed by atoms with Crippen LogP contribution in [0.3, 0.4) is 0 Å². The molecule has 0 atom stereocenters. The second kappa shape index (κ2) is 10.7. The van der Waals surface area contributed by atoms with Gasteiger partial charge in [-0.2, -0.15) is 0 Å². The van der Waals surface area contributed by atoms with Crippen LogP contribution in [0.15, 0.2) is 39.9 Å². The predicted octanol–water partition coefficient (Wildman–Crippen LogP) is 4.20. The van der Waals surface area contributed by atoms with Gasteiger partial charge in [-0.3, -0.25) is 0 Å². The van der Waals surface area contributed by atoms with Gasteiger partial charge in [0.2, 0.25) is 0 Å². The first-order valence-corrected chi connectivity index (χ1v) is 8.55. The maximum atomic E-state index is 5.35. The van der Waals surface area contributed by atoms with Crippen molar-refractivity contribution in [1.29, 1.82) is 0 Å². The van der Waals surface area contributed by atoms with E-state index in [1.54, 1.807) is 17.6 Å². The zero-order valence-corrected chi connectivity index (χ0v) is 17.1. The highest BCUT2D eigenvalue weighted by Gasteiger charge is 2.02. The molecule has 23 heavy (non-hydrogen) atoms. The number of furan rings is 1. The summed E-state index contributed by atoms with van der Waals surface area (Å²) < 4.78 is 5.35. The third kappa shape index (κ3) is 7.87. The number of thiophene rings is 1. The van der Waals surface area contributed by atoms with E-state index in [0.717, 1.165) is 31.2 Å². The number of rotatable bonds is 7. The highest BCUT2D eigenvalue weighted by atomic mass is 127. The van der Waals surface area contributed by atoms with Gasteiger partial charge in [-0.05, 0) is 37.1 Å². The van der Waals surface area contributed by atoms with Crippen molar-refractivity contribution in [2.24, 2.45) is 10.9 Å². The number of nitrogens with one attached hydrogen (secondary N) is 2. The number of halogens is 1. The normalized spacial score (nSPS) is 11.4. The van der Waals surface area contributed by atoms with Crippen LogP contribution >= 0.6 is 35.3 Å². The van der Waals surface area contributed by atoms with Crippen molar-refractivity contribution >= 4 is 41.3 Å². The third-order valence-corrected chi connectivity index (χ3v) is 4.10. The van der Waals surface area contributed by atoms with E-state index in [0.29, 0.717) is 12.5 Å². The second-order valence-corrected chi connectivity index (χ2v) is 7.08. The molecule has 0 spiro atoms. The molecule has 2 N–H and O–H groups in total. The van der Waals surface area contributed by atoms with Gasteiger partial charge in [0.15, 0.2) is 5.96 Å². The molecule has 6 heteroatoms. The lowest BCUT2D eigenvalue weighted by atomic mass is 10.2. The standard InChI is InChI=1S/C17H25N3OS.HI/c1-13(2)11-19-17(18-9-8-15-5-4-10-21-15)20-12-16-7-6-14(3)22-16;/h4-7,10,13H,8-9,11-12H2,1-3H3,(H2,18,19,20);1H. The summed E-state index contributed by atoms with van der Waals surface area (Å²) in [7, 11) is 0. The molecule has 2 aromatic heterocycles. The fourth-order valence-electron chi connectivity index (χ4n) is 1.96. The molecule has 0 amide bonds. The zero-order valence-electron chi connectivity index (χ0n) is 14.0. The molecule has 0 aliphatic carbocycles. The number of aryl methyl sites for hydroxylation is 1. The van der Waals surface area contributed by atoms with Crippen LogP contribution in [0.1, 0.15) is 29.4 Å². The van der Waals surface area contributed by atoms with Crippen molar-refractivity contribution in [3.63, 3.8) is 0 Å². The number of hydrogen-bond acceptors (Lipinski definition) is 3. The van der Waals surface area contributed by atoms with Crippen molar-refractivity contribution in [2.45, 2.75) is 33.7 Å². The summed E-state index contributed by atoms with van der Waals surface area (Å²) in [6, 6.07) is 8.20. The molecule has 0 aliphatic rings. The average molecular weight is 447 g/mol. The fourth-order valence-corrected chi connectivity index (χ4v) is 2.78. The molecule has 0 bridgehead atoms. The van der Waals surface area contributed by atoms with Gasteiger partial charge in [-0.25, -0.2) is 4.99 Å². The van der Waals surface area contributed by atoms with Gasteiger partial charge < -0.3 is 15.1 Å². The molecule has 2 rings (SSSR count). The lowest BCUT2D eigenvalue weighted by Crippen LogP contribution is -2.40. The minimum Gasteiger partial charge on any atom is -0.469 e. The summed E-state index contributed by atoms with van der Waals surface area (Å²) in [6.07, 6.45) is 2.56. The average Bonchev–Trinajstić information content (AvgIpc) is 3.12. The lowest BCUT2D eigenvalue weighted by Gasteiger charge is -2.13. The van der Waals surface area contributed by atoms with Gasteiger partial charge >= 0.3 is 0 Å². The van der Waals surface area contributed by atoms with Crippen LogP contribution in [0.4, 0.5) is 0 Å². The highest BCUT2D eigenvalue weighted by Crippen LogP contribution is 2.15. The van der Waals surface area contributed by atoms with E-state index in [2.05, 4.69) is 48.5 Å². The van der Waals surface area contributed by atoms with Gasteiger partial charge in [0.1, 0.15) is 5.76 Å². The Balaban J connectivity index is 0.00000264.